The van der Waals surface area contributed by atoms with Gasteiger partial charge in [0.25, 0.3) is 5.95 Å². The Balaban J connectivity index is 3.29. The van der Waals surface area contributed by atoms with Gasteiger partial charge in [-0.1, -0.05) is 0 Å². The van der Waals surface area contributed by atoms with E-state index in [9.17, 15) is 32.5 Å². The summed E-state index contributed by atoms with van der Waals surface area (Å²) >= 11 is 0. The van der Waals surface area contributed by atoms with Crippen LogP contribution in [-0.4, -0.2) is 29.3 Å². The maximum absolute atomic E-state index is 13.2. The fourth-order valence-electron chi connectivity index (χ4n) is 1.18. The van der Waals surface area contributed by atoms with Crippen molar-refractivity contribution < 1.29 is 36.8 Å². The molecule has 0 atom stereocenters. The number of halogens is 4. The van der Waals surface area contributed by atoms with Crippen LogP contribution in [0.2, 0.25) is 0 Å². The first-order valence-electron chi connectivity index (χ1n) is 4.80. The number of nitro groups is 1. The number of ether oxygens (including phenoxy) is 2. The first-order chi connectivity index (χ1) is 9.14. The molecule has 110 valence electrons. The molecule has 0 aliphatic heterocycles. The number of hydrogen-bond acceptors (Lipinski definition) is 6. The van der Waals surface area contributed by atoms with Gasteiger partial charge in [-0.3, -0.25) is 14.9 Å². The first kappa shape index (κ1) is 15.6. The second kappa shape index (κ2) is 5.67. The Bertz CT molecular complexity index is 546. The molecule has 0 aromatic carbocycles. The average Bonchev–Trinajstić information content (AvgIpc) is 2.29. The van der Waals surface area contributed by atoms with Crippen molar-refractivity contribution in [1.29, 1.82) is 0 Å². The third kappa shape index (κ3) is 4.03. The average molecular weight is 298 g/mol. The zero-order valence-electron chi connectivity index (χ0n) is 9.73. The summed E-state index contributed by atoms with van der Waals surface area (Å²) in [5.74, 6) is -4.05. The van der Waals surface area contributed by atoms with Crippen molar-refractivity contribution in [2.24, 2.45) is 0 Å². The molecule has 1 aromatic rings. The van der Waals surface area contributed by atoms with E-state index in [1.165, 1.54) is 0 Å². The number of alkyl halides is 3. The van der Waals surface area contributed by atoms with Crippen LogP contribution in [0.5, 0.6) is 5.88 Å². The molecule has 0 N–H and O–H groups in total. The van der Waals surface area contributed by atoms with Crippen molar-refractivity contribution in [2.45, 2.75) is 12.8 Å². The van der Waals surface area contributed by atoms with Crippen LogP contribution in [0.25, 0.3) is 0 Å². The van der Waals surface area contributed by atoms with Gasteiger partial charge in [0, 0.05) is 11.6 Å². The Morgan fingerprint density at radius 3 is 2.55 bits per heavy atom. The van der Waals surface area contributed by atoms with Gasteiger partial charge in [-0.25, -0.2) is 0 Å². The van der Waals surface area contributed by atoms with Crippen LogP contribution in [0.1, 0.15) is 5.56 Å². The van der Waals surface area contributed by atoms with Gasteiger partial charge in [-0.05, 0) is 0 Å². The smallest absolute Gasteiger partial charge is 0.469 e. The molecule has 11 heteroatoms. The fraction of sp³-hybridized carbons (Fsp3) is 0.333. The van der Waals surface area contributed by atoms with E-state index in [0.29, 0.717) is 6.07 Å². The topological polar surface area (TPSA) is 91.6 Å². The first-order valence-corrected chi connectivity index (χ1v) is 4.80. The lowest BCUT2D eigenvalue weighted by molar-refractivity contribution is -0.388. The van der Waals surface area contributed by atoms with E-state index >= 15 is 0 Å². The van der Waals surface area contributed by atoms with E-state index < -0.39 is 46.8 Å². The van der Waals surface area contributed by atoms with Gasteiger partial charge in [0.2, 0.25) is 5.88 Å². The highest BCUT2D eigenvalue weighted by Crippen LogP contribution is 2.29. The fourth-order valence-corrected chi connectivity index (χ4v) is 1.18. The van der Waals surface area contributed by atoms with Gasteiger partial charge in [0.15, 0.2) is 0 Å². The highest BCUT2D eigenvalue weighted by molar-refractivity contribution is 5.73. The number of methoxy groups -OCH3 is 1. The van der Waals surface area contributed by atoms with Crippen molar-refractivity contribution in [1.82, 2.24) is 4.98 Å². The summed E-state index contributed by atoms with van der Waals surface area (Å²) in [5.41, 5.74) is -1.80. The van der Waals surface area contributed by atoms with E-state index in [1.54, 1.807) is 0 Å². The number of nitrogens with zero attached hydrogens (tertiary/aromatic N) is 2. The molecule has 1 rings (SSSR count). The Kier molecular flexibility index (Phi) is 4.42. The van der Waals surface area contributed by atoms with Gasteiger partial charge < -0.3 is 9.47 Å². The molecule has 0 spiro atoms. The summed E-state index contributed by atoms with van der Waals surface area (Å²) in [6.07, 6.45) is -5.99. The van der Waals surface area contributed by atoms with E-state index in [1.807, 2.05) is 0 Å². The molecule has 20 heavy (non-hydrogen) atoms. The van der Waals surface area contributed by atoms with Crippen molar-refractivity contribution >= 4 is 11.7 Å². The summed E-state index contributed by atoms with van der Waals surface area (Å²) in [5, 5.41) is 10.5. The van der Waals surface area contributed by atoms with Gasteiger partial charge in [-0.15, -0.1) is 13.2 Å². The molecule has 0 aliphatic carbocycles. The summed E-state index contributed by atoms with van der Waals surface area (Å²) in [7, 11) is 0.956. The number of carbonyl (C=O) groups is 1. The van der Waals surface area contributed by atoms with Crippen molar-refractivity contribution in [2.75, 3.05) is 7.11 Å². The van der Waals surface area contributed by atoms with Crippen molar-refractivity contribution in [3.8, 4) is 5.88 Å². The molecule has 0 radical (unpaired) electrons. The molecule has 0 saturated carbocycles. The standard InChI is InChI=1S/C9H6F4N2O5/c1-19-6(16)3-4-2-5(15(17)18)7(10)14-8(4)20-9(11,12)13/h2H,3H2,1H3. The minimum absolute atomic E-state index is 0.431. The molecular formula is C9H6F4N2O5. The minimum Gasteiger partial charge on any atom is -0.469 e. The lowest BCUT2D eigenvalue weighted by Gasteiger charge is -2.11. The lowest BCUT2D eigenvalue weighted by atomic mass is 10.2. The van der Waals surface area contributed by atoms with Gasteiger partial charge in [-0.2, -0.15) is 9.37 Å². The number of hydrogen-bond donors (Lipinski definition) is 0. The van der Waals surface area contributed by atoms with E-state index in [4.69, 9.17) is 0 Å². The largest absolute Gasteiger partial charge is 0.574 e. The Labute approximate surface area is 108 Å². The van der Waals surface area contributed by atoms with Crippen LogP contribution < -0.4 is 4.74 Å². The van der Waals surface area contributed by atoms with Gasteiger partial charge in [0.1, 0.15) is 0 Å². The van der Waals surface area contributed by atoms with Gasteiger partial charge in [0.05, 0.1) is 18.5 Å². The second-order valence-corrected chi connectivity index (χ2v) is 3.32. The molecule has 0 saturated heterocycles. The zero-order chi connectivity index (χ0) is 15.5. The lowest BCUT2D eigenvalue weighted by Crippen LogP contribution is -2.20. The second-order valence-electron chi connectivity index (χ2n) is 3.32. The third-order valence-electron chi connectivity index (χ3n) is 1.97. The summed E-state index contributed by atoms with van der Waals surface area (Å²) < 4.78 is 57.1. The zero-order valence-corrected chi connectivity index (χ0v) is 9.73. The maximum Gasteiger partial charge on any atom is 0.574 e. The number of carbonyl (C=O) groups excluding carboxylic acids is 1. The highest BCUT2D eigenvalue weighted by atomic mass is 19.4. The number of rotatable bonds is 4. The van der Waals surface area contributed by atoms with E-state index in [0.717, 1.165) is 7.11 Å². The molecule has 1 aromatic heterocycles. The Morgan fingerprint density at radius 2 is 2.10 bits per heavy atom. The number of aromatic nitrogens is 1. The van der Waals surface area contributed by atoms with Crippen molar-refractivity contribution in [3.05, 3.63) is 27.7 Å². The monoisotopic (exact) mass is 298 g/mol. The molecule has 0 fully saturated rings. The summed E-state index contributed by atoms with van der Waals surface area (Å²) in [6, 6.07) is 0.431. The SMILES string of the molecule is COC(=O)Cc1cc([N+](=O)[O-])c(F)nc1OC(F)(F)F. The predicted octanol–water partition coefficient (Wildman–Crippen LogP) is 1.74. The Hall–Kier alpha value is -2.46. The van der Waals surface area contributed by atoms with E-state index in [2.05, 4.69) is 14.5 Å². The van der Waals surface area contributed by atoms with Crippen LogP contribution in [0.3, 0.4) is 0 Å². The van der Waals surface area contributed by atoms with E-state index in [-0.39, 0.29) is 0 Å². The van der Waals surface area contributed by atoms with Crippen LogP contribution >= 0.6 is 0 Å². The quantitative estimate of drug-likeness (QED) is 0.276. The maximum atomic E-state index is 13.2. The van der Waals surface area contributed by atoms with Gasteiger partial charge >= 0.3 is 18.0 Å². The minimum atomic E-state index is -5.19. The molecule has 7 nitrogen and oxygen atoms in total. The van der Waals surface area contributed by atoms with Crippen LogP contribution in [-0.2, 0) is 16.0 Å². The summed E-state index contributed by atoms with van der Waals surface area (Å²) in [6.45, 7) is 0. The summed E-state index contributed by atoms with van der Waals surface area (Å²) in [4.78, 5) is 23.0. The molecule has 0 aliphatic rings. The number of esters is 1. The van der Waals surface area contributed by atoms with Crippen LogP contribution in [0.15, 0.2) is 6.07 Å². The highest BCUT2D eigenvalue weighted by Gasteiger charge is 2.34. The molecular weight excluding hydrogens is 292 g/mol. The molecule has 0 amide bonds. The molecule has 1 heterocycles. The normalized spacial score (nSPS) is 11.1. The third-order valence-corrected chi connectivity index (χ3v) is 1.97. The van der Waals surface area contributed by atoms with Crippen molar-refractivity contribution in [3.63, 3.8) is 0 Å². The predicted molar refractivity (Wildman–Crippen MR) is 53.3 cm³/mol. The Morgan fingerprint density at radius 1 is 1.50 bits per heavy atom. The molecule has 0 unspecified atom stereocenters. The van der Waals surface area contributed by atoms with Crippen LogP contribution in [0, 0.1) is 16.1 Å². The molecule has 0 bridgehead atoms. The number of pyridine rings is 1. The van der Waals surface area contributed by atoms with Crippen LogP contribution in [0.4, 0.5) is 23.2 Å².